The molecule has 2 aromatic rings. The number of hydrogen-bond acceptors (Lipinski definition) is 2. The molecule has 0 bridgehead atoms. The Bertz CT molecular complexity index is 641. The largest absolute Gasteiger partial charge is 0.361 e. The molecule has 118 valence electrons. The first-order chi connectivity index (χ1) is 10.6. The number of fused-ring (bicyclic) bond motifs is 1. The van der Waals surface area contributed by atoms with Crippen molar-refractivity contribution >= 4 is 16.8 Å². The number of carbonyl (C=O) groups is 1. The summed E-state index contributed by atoms with van der Waals surface area (Å²) in [5.74, 6) is 0.816. The Morgan fingerprint density at radius 3 is 2.86 bits per heavy atom. The molecule has 1 aromatic heterocycles. The summed E-state index contributed by atoms with van der Waals surface area (Å²) >= 11 is 0. The van der Waals surface area contributed by atoms with Crippen molar-refractivity contribution in [1.82, 2.24) is 14.8 Å². The Morgan fingerprint density at radius 1 is 1.32 bits per heavy atom. The molecule has 4 nitrogen and oxygen atoms in total. The van der Waals surface area contributed by atoms with E-state index >= 15 is 0 Å². The number of nitrogens with zero attached hydrogens (tertiary/aromatic N) is 2. The molecule has 0 spiro atoms. The highest BCUT2D eigenvalue weighted by Gasteiger charge is 2.21. The van der Waals surface area contributed by atoms with Gasteiger partial charge >= 0.3 is 0 Å². The van der Waals surface area contributed by atoms with Gasteiger partial charge < -0.3 is 14.8 Å². The van der Waals surface area contributed by atoms with E-state index in [1.165, 1.54) is 10.9 Å². The van der Waals surface area contributed by atoms with Gasteiger partial charge in [-0.2, -0.15) is 0 Å². The Balaban J connectivity index is 1.60. The fourth-order valence-corrected chi connectivity index (χ4v) is 3.30. The van der Waals surface area contributed by atoms with Gasteiger partial charge in [0.15, 0.2) is 0 Å². The second kappa shape index (κ2) is 6.53. The molecule has 1 fully saturated rings. The number of amides is 1. The van der Waals surface area contributed by atoms with Gasteiger partial charge in [-0.25, -0.2) is 0 Å². The van der Waals surface area contributed by atoms with E-state index in [1.807, 2.05) is 24.2 Å². The monoisotopic (exact) mass is 299 g/mol. The minimum atomic E-state index is 0.266. The molecule has 1 aromatic carbocycles. The van der Waals surface area contributed by atoms with Crippen molar-refractivity contribution in [2.45, 2.75) is 25.8 Å². The smallest absolute Gasteiger partial charge is 0.222 e. The van der Waals surface area contributed by atoms with Crippen molar-refractivity contribution < 1.29 is 4.79 Å². The first-order valence-electron chi connectivity index (χ1n) is 8.11. The lowest BCUT2D eigenvalue weighted by Crippen LogP contribution is -2.34. The average Bonchev–Trinajstić information content (AvgIpc) is 2.99. The number of nitrogens with one attached hydrogen (secondary N) is 1. The van der Waals surface area contributed by atoms with Crippen molar-refractivity contribution in [2.75, 3.05) is 27.2 Å². The Morgan fingerprint density at radius 2 is 2.09 bits per heavy atom. The minimum absolute atomic E-state index is 0.266. The van der Waals surface area contributed by atoms with Crippen LogP contribution in [0.25, 0.3) is 10.9 Å². The Hall–Kier alpha value is -1.81. The molecule has 2 heterocycles. The zero-order valence-electron chi connectivity index (χ0n) is 13.5. The third-order valence-corrected chi connectivity index (χ3v) is 4.82. The van der Waals surface area contributed by atoms with E-state index in [1.54, 1.807) is 0 Å². The van der Waals surface area contributed by atoms with E-state index in [9.17, 15) is 4.79 Å². The predicted octanol–water partition coefficient (Wildman–Crippen LogP) is 2.86. The van der Waals surface area contributed by atoms with Crippen LogP contribution in [0.2, 0.25) is 0 Å². The van der Waals surface area contributed by atoms with Crippen LogP contribution in [-0.2, 0) is 11.3 Å². The number of aromatic amines is 1. The molecular formula is C18H25N3O. The number of aromatic nitrogens is 1. The SMILES string of the molecule is CN1CCC(CC(=O)N(C)Cc2cccc3[nH]ccc23)CC1. The van der Waals surface area contributed by atoms with Gasteiger partial charge in [0.1, 0.15) is 0 Å². The van der Waals surface area contributed by atoms with Crippen LogP contribution in [0.1, 0.15) is 24.8 Å². The number of benzene rings is 1. The van der Waals surface area contributed by atoms with Gasteiger partial charge in [-0.1, -0.05) is 12.1 Å². The van der Waals surface area contributed by atoms with Crippen LogP contribution < -0.4 is 0 Å². The van der Waals surface area contributed by atoms with Crippen molar-refractivity contribution in [3.8, 4) is 0 Å². The molecule has 1 N–H and O–H groups in total. The molecule has 0 unspecified atom stereocenters. The molecule has 3 rings (SSSR count). The topological polar surface area (TPSA) is 39.3 Å². The van der Waals surface area contributed by atoms with Crippen molar-refractivity contribution in [2.24, 2.45) is 5.92 Å². The second-order valence-electron chi connectivity index (χ2n) is 6.56. The van der Waals surface area contributed by atoms with E-state index in [0.29, 0.717) is 18.9 Å². The summed E-state index contributed by atoms with van der Waals surface area (Å²) in [4.78, 5) is 19.9. The molecule has 22 heavy (non-hydrogen) atoms. The van der Waals surface area contributed by atoms with E-state index in [4.69, 9.17) is 0 Å². The summed E-state index contributed by atoms with van der Waals surface area (Å²) < 4.78 is 0. The zero-order chi connectivity index (χ0) is 15.5. The molecule has 0 radical (unpaired) electrons. The Labute approximate surface area is 132 Å². The number of hydrogen-bond donors (Lipinski definition) is 1. The van der Waals surface area contributed by atoms with Gasteiger partial charge in [-0.15, -0.1) is 0 Å². The molecule has 0 aliphatic carbocycles. The van der Waals surface area contributed by atoms with Gasteiger partial charge in [0, 0.05) is 37.1 Å². The summed E-state index contributed by atoms with van der Waals surface area (Å²) in [6.45, 7) is 2.91. The van der Waals surface area contributed by atoms with E-state index in [2.05, 4.69) is 35.1 Å². The maximum atomic E-state index is 12.5. The van der Waals surface area contributed by atoms with Crippen LogP contribution in [0.15, 0.2) is 30.5 Å². The first-order valence-corrected chi connectivity index (χ1v) is 8.11. The summed E-state index contributed by atoms with van der Waals surface area (Å²) in [7, 11) is 4.07. The lowest BCUT2D eigenvalue weighted by atomic mass is 9.93. The molecule has 1 amide bonds. The third kappa shape index (κ3) is 3.33. The van der Waals surface area contributed by atoms with E-state index in [0.717, 1.165) is 31.4 Å². The number of carbonyl (C=O) groups excluding carboxylic acids is 1. The van der Waals surface area contributed by atoms with Crippen molar-refractivity contribution in [3.63, 3.8) is 0 Å². The van der Waals surface area contributed by atoms with Crippen LogP contribution in [0.3, 0.4) is 0 Å². The van der Waals surface area contributed by atoms with Crippen LogP contribution in [0.5, 0.6) is 0 Å². The van der Waals surface area contributed by atoms with Gasteiger partial charge in [0.05, 0.1) is 0 Å². The highest BCUT2D eigenvalue weighted by Crippen LogP contribution is 2.22. The maximum Gasteiger partial charge on any atom is 0.222 e. The van der Waals surface area contributed by atoms with E-state index in [-0.39, 0.29) is 5.91 Å². The summed E-state index contributed by atoms with van der Waals surface area (Å²) in [5.41, 5.74) is 2.34. The number of rotatable bonds is 4. The molecule has 0 saturated carbocycles. The molecule has 1 saturated heterocycles. The first kappa shape index (κ1) is 15.1. The van der Waals surface area contributed by atoms with E-state index < -0.39 is 0 Å². The minimum Gasteiger partial charge on any atom is -0.361 e. The van der Waals surface area contributed by atoms with Crippen LogP contribution in [0.4, 0.5) is 0 Å². The normalized spacial score (nSPS) is 17.0. The lowest BCUT2D eigenvalue weighted by molar-refractivity contribution is -0.131. The van der Waals surface area contributed by atoms with Crippen LogP contribution >= 0.6 is 0 Å². The molecule has 4 heteroatoms. The lowest BCUT2D eigenvalue weighted by Gasteiger charge is -2.29. The molecule has 1 aliphatic heterocycles. The maximum absolute atomic E-state index is 12.5. The van der Waals surface area contributed by atoms with Crippen LogP contribution in [0, 0.1) is 5.92 Å². The van der Waals surface area contributed by atoms with Gasteiger partial charge in [-0.05, 0) is 56.6 Å². The van der Waals surface area contributed by atoms with Gasteiger partial charge in [-0.3, -0.25) is 4.79 Å². The third-order valence-electron chi connectivity index (χ3n) is 4.82. The van der Waals surface area contributed by atoms with Crippen molar-refractivity contribution in [3.05, 3.63) is 36.0 Å². The summed E-state index contributed by atoms with van der Waals surface area (Å²) in [6, 6.07) is 8.30. The molecular weight excluding hydrogens is 274 g/mol. The number of likely N-dealkylation sites (tertiary alicyclic amines) is 1. The quantitative estimate of drug-likeness (QED) is 0.943. The fraction of sp³-hybridized carbons (Fsp3) is 0.500. The highest BCUT2D eigenvalue weighted by atomic mass is 16.2. The zero-order valence-corrected chi connectivity index (χ0v) is 13.5. The van der Waals surface area contributed by atoms with Gasteiger partial charge in [0.25, 0.3) is 0 Å². The summed E-state index contributed by atoms with van der Waals surface area (Å²) in [5, 5.41) is 1.21. The highest BCUT2D eigenvalue weighted by molar-refractivity contribution is 5.83. The molecule has 1 aliphatic rings. The second-order valence-corrected chi connectivity index (χ2v) is 6.56. The van der Waals surface area contributed by atoms with Crippen molar-refractivity contribution in [1.29, 1.82) is 0 Å². The standard InChI is InChI=1S/C18H25N3O/c1-20-10-7-14(8-11-20)12-18(22)21(2)13-15-4-3-5-17-16(15)6-9-19-17/h3-6,9,14,19H,7-8,10-13H2,1-2H3. The number of piperidine rings is 1. The molecule has 0 atom stereocenters. The Kier molecular flexibility index (Phi) is 4.48. The average molecular weight is 299 g/mol. The predicted molar refractivity (Wildman–Crippen MR) is 89.6 cm³/mol. The summed E-state index contributed by atoms with van der Waals surface area (Å²) in [6.07, 6.45) is 4.93. The fourth-order valence-electron chi connectivity index (χ4n) is 3.30. The van der Waals surface area contributed by atoms with Gasteiger partial charge in [0.2, 0.25) is 5.91 Å². The number of H-pyrrole nitrogens is 1. The van der Waals surface area contributed by atoms with Crippen LogP contribution in [-0.4, -0.2) is 47.9 Å².